The molecular weight excluding hydrogens is 190 g/mol. The van der Waals surface area contributed by atoms with Gasteiger partial charge in [-0.05, 0) is 20.3 Å². The van der Waals surface area contributed by atoms with Crippen LogP contribution < -0.4 is 0 Å². The van der Waals surface area contributed by atoms with E-state index >= 15 is 0 Å². The largest absolute Gasteiger partial charge is 0.360 e. The van der Waals surface area contributed by atoms with Crippen LogP contribution in [-0.2, 0) is 4.79 Å². The highest BCUT2D eigenvalue weighted by Gasteiger charge is 2.18. The molecule has 1 aliphatic heterocycles. The third-order valence-electron chi connectivity index (χ3n) is 2.94. The Bertz CT molecular complexity index is 236. The van der Waals surface area contributed by atoms with Gasteiger partial charge in [0.15, 0.2) is 0 Å². The molecule has 0 aliphatic carbocycles. The van der Waals surface area contributed by atoms with E-state index < -0.39 is 0 Å². The Hall–Kier alpha value is -1.06. The molecule has 1 fully saturated rings. The highest BCUT2D eigenvalue weighted by Crippen LogP contribution is 2.10. The number of likely N-dealkylation sites (tertiary alicyclic amines) is 1. The number of amides is 1. The van der Waals surface area contributed by atoms with Crippen LogP contribution >= 0.6 is 0 Å². The van der Waals surface area contributed by atoms with E-state index in [1.807, 2.05) is 23.6 Å². The molecule has 0 atom stereocenters. The van der Waals surface area contributed by atoms with Crippen LogP contribution in [0.3, 0.4) is 0 Å². The average molecular weight is 211 g/mol. The van der Waals surface area contributed by atoms with Gasteiger partial charge in [0, 0.05) is 39.0 Å². The second kappa shape index (κ2) is 5.73. The molecule has 0 radical (unpaired) electrons. The van der Waals surface area contributed by atoms with Gasteiger partial charge in [-0.2, -0.15) is 0 Å². The van der Waals surface area contributed by atoms with Crippen molar-refractivity contribution in [3.8, 4) is 0 Å². The van der Waals surface area contributed by atoms with Crippen molar-refractivity contribution in [2.24, 2.45) is 0 Å². The molecule has 4 heteroatoms. The van der Waals surface area contributed by atoms with Gasteiger partial charge in [0.25, 0.3) is 0 Å². The topological polar surface area (TPSA) is 47.4 Å². The first-order chi connectivity index (χ1) is 7.19. The summed E-state index contributed by atoms with van der Waals surface area (Å²) in [5, 5.41) is 7.65. The molecule has 0 aromatic carbocycles. The van der Waals surface area contributed by atoms with Crippen molar-refractivity contribution in [3.05, 3.63) is 0 Å². The van der Waals surface area contributed by atoms with Crippen molar-refractivity contribution < 1.29 is 4.79 Å². The molecule has 1 amide bonds. The summed E-state index contributed by atoms with van der Waals surface area (Å²) in [6.07, 6.45) is 2.49. The van der Waals surface area contributed by atoms with Gasteiger partial charge in [-0.1, -0.05) is 0 Å². The molecule has 1 heterocycles. The molecule has 1 aliphatic rings. The number of amidine groups is 1. The Labute approximate surface area is 91.7 Å². The van der Waals surface area contributed by atoms with Crippen LogP contribution in [0.1, 0.15) is 33.1 Å². The van der Waals surface area contributed by atoms with Gasteiger partial charge in [0.05, 0.1) is 5.84 Å². The van der Waals surface area contributed by atoms with E-state index in [-0.39, 0.29) is 5.91 Å². The molecule has 0 saturated carbocycles. The Morgan fingerprint density at radius 2 is 2.13 bits per heavy atom. The lowest BCUT2D eigenvalue weighted by Gasteiger charge is -2.22. The molecule has 1 saturated heterocycles. The lowest BCUT2D eigenvalue weighted by Crippen LogP contribution is -2.34. The van der Waals surface area contributed by atoms with Gasteiger partial charge in [-0.15, -0.1) is 0 Å². The predicted molar refractivity (Wildman–Crippen MR) is 61.1 cm³/mol. The fourth-order valence-electron chi connectivity index (χ4n) is 1.94. The predicted octanol–water partition coefficient (Wildman–Crippen LogP) is 1.32. The zero-order chi connectivity index (χ0) is 11.3. The lowest BCUT2D eigenvalue weighted by atomic mass is 10.3. The van der Waals surface area contributed by atoms with Crippen molar-refractivity contribution in [3.63, 3.8) is 0 Å². The molecule has 0 unspecified atom stereocenters. The van der Waals surface area contributed by atoms with Crippen LogP contribution in [0.2, 0.25) is 0 Å². The maximum Gasteiger partial charge on any atom is 0.224 e. The van der Waals surface area contributed by atoms with Crippen molar-refractivity contribution in [1.82, 2.24) is 9.80 Å². The van der Waals surface area contributed by atoms with Crippen LogP contribution in [0.15, 0.2) is 0 Å². The Morgan fingerprint density at radius 1 is 1.47 bits per heavy atom. The number of hydrogen-bond acceptors (Lipinski definition) is 2. The number of rotatable bonds is 5. The van der Waals surface area contributed by atoms with Crippen LogP contribution in [0.25, 0.3) is 0 Å². The van der Waals surface area contributed by atoms with E-state index in [1.54, 1.807) is 0 Å². The number of hydrogen-bond donors (Lipinski definition) is 1. The van der Waals surface area contributed by atoms with E-state index in [0.717, 1.165) is 32.5 Å². The fraction of sp³-hybridized carbons (Fsp3) is 0.818. The molecule has 4 nitrogen and oxygen atoms in total. The van der Waals surface area contributed by atoms with E-state index in [2.05, 4.69) is 0 Å². The van der Waals surface area contributed by atoms with Crippen LogP contribution in [0, 0.1) is 5.41 Å². The smallest absolute Gasteiger partial charge is 0.224 e. The average Bonchev–Trinajstić information content (AvgIpc) is 2.63. The Kier molecular flexibility index (Phi) is 4.59. The molecule has 1 N–H and O–H groups in total. The minimum Gasteiger partial charge on any atom is -0.360 e. The Morgan fingerprint density at radius 3 is 2.60 bits per heavy atom. The summed E-state index contributed by atoms with van der Waals surface area (Å²) in [7, 11) is 0. The second-order valence-corrected chi connectivity index (χ2v) is 3.85. The maximum atomic E-state index is 11.7. The molecular formula is C11H21N3O. The summed E-state index contributed by atoms with van der Waals surface area (Å²) in [6.45, 7) is 7.23. The van der Waals surface area contributed by atoms with E-state index in [9.17, 15) is 4.79 Å². The van der Waals surface area contributed by atoms with E-state index in [1.165, 1.54) is 0 Å². The van der Waals surface area contributed by atoms with Crippen LogP contribution in [-0.4, -0.2) is 47.7 Å². The zero-order valence-electron chi connectivity index (χ0n) is 9.75. The van der Waals surface area contributed by atoms with E-state index in [0.29, 0.717) is 18.8 Å². The van der Waals surface area contributed by atoms with Gasteiger partial charge in [-0.25, -0.2) is 0 Å². The first-order valence-corrected chi connectivity index (χ1v) is 5.79. The molecule has 1 rings (SSSR count). The van der Waals surface area contributed by atoms with Crippen LogP contribution in [0.5, 0.6) is 0 Å². The minimum absolute atomic E-state index is 0.208. The van der Waals surface area contributed by atoms with Gasteiger partial charge in [-0.3, -0.25) is 10.2 Å². The molecule has 0 spiro atoms. The number of carbonyl (C=O) groups is 1. The van der Waals surface area contributed by atoms with Crippen LogP contribution in [0.4, 0.5) is 0 Å². The van der Waals surface area contributed by atoms with Crippen molar-refractivity contribution in [1.29, 1.82) is 5.41 Å². The normalized spacial score (nSPS) is 15.9. The van der Waals surface area contributed by atoms with Crippen molar-refractivity contribution in [2.75, 3.05) is 26.2 Å². The van der Waals surface area contributed by atoms with Gasteiger partial charge in [0.1, 0.15) is 0 Å². The highest BCUT2D eigenvalue weighted by molar-refractivity contribution is 5.82. The van der Waals surface area contributed by atoms with Crippen molar-refractivity contribution >= 4 is 11.7 Å². The van der Waals surface area contributed by atoms with Gasteiger partial charge < -0.3 is 9.80 Å². The van der Waals surface area contributed by atoms with Gasteiger partial charge >= 0.3 is 0 Å². The molecule has 86 valence electrons. The molecule has 0 aromatic rings. The summed E-state index contributed by atoms with van der Waals surface area (Å²) in [4.78, 5) is 15.6. The lowest BCUT2D eigenvalue weighted by molar-refractivity contribution is -0.130. The number of nitrogens with zero attached hydrogens (tertiary/aromatic N) is 2. The third-order valence-corrected chi connectivity index (χ3v) is 2.94. The second-order valence-electron chi connectivity index (χ2n) is 3.85. The number of nitrogens with one attached hydrogen (secondary N) is 1. The SMILES string of the molecule is CCN(CC)C(=O)CCN1CCCC1=N. The maximum absolute atomic E-state index is 11.7. The first-order valence-electron chi connectivity index (χ1n) is 5.79. The highest BCUT2D eigenvalue weighted by atomic mass is 16.2. The Balaban J connectivity index is 2.29. The molecule has 0 bridgehead atoms. The summed E-state index contributed by atoms with van der Waals surface area (Å²) in [5.41, 5.74) is 0. The number of carbonyl (C=O) groups excluding carboxylic acids is 1. The van der Waals surface area contributed by atoms with Crippen molar-refractivity contribution in [2.45, 2.75) is 33.1 Å². The summed E-state index contributed by atoms with van der Waals surface area (Å²) < 4.78 is 0. The summed E-state index contributed by atoms with van der Waals surface area (Å²) in [6, 6.07) is 0. The summed E-state index contributed by atoms with van der Waals surface area (Å²) in [5.74, 6) is 0.905. The summed E-state index contributed by atoms with van der Waals surface area (Å²) >= 11 is 0. The van der Waals surface area contributed by atoms with Gasteiger partial charge in [0.2, 0.25) is 5.91 Å². The van der Waals surface area contributed by atoms with E-state index in [4.69, 9.17) is 5.41 Å². The minimum atomic E-state index is 0.208. The first kappa shape index (κ1) is 12.0. The molecule has 15 heavy (non-hydrogen) atoms. The quantitative estimate of drug-likeness (QED) is 0.745. The zero-order valence-corrected chi connectivity index (χ0v) is 9.75. The monoisotopic (exact) mass is 211 g/mol. The third kappa shape index (κ3) is 3.22. The standard InChI is InChI=1S/C11H21N3O/c1-3-13(4-2)11(15)7-9-14-8-5-6-10(14)12/h12H,3-9H2,1-2H3. The fourth-order valence-corrected chi connectivity index (χ4v) is 1.94. The molecule has 0 aromatic heterocycles.